The smallest absolute Gasteiger partial charge is 0.307 e. The summed E-state index contributed by atoms with van der Waals surface area (Å²) < 4.78 is 15.4. The maximum absolute atomic E-state index is 11.6. The topological polar surface area (TPSA) is 73.1 Å². The van der Waals surface area contributed by atoms with E-state index in [4.69, 9.17) is 25.5 Å². The molecule has 2 heterocycles. The Morgan fingerprint density at radius 1 is 1.35 bits per heavy atom. The first-order valence-electron chi connectivity index (χ1n) is 5.70. The van der Waals surface area contributed by atoms with E-state index in [-0.39, 0.29) is 12.6 Å². The first-order chi connectivity index (χ1) is 9.74. The molecule has 0 aliphatic carbocycles. The number of carbonyl (C=O) groups excluding carboxylic acids is 1. The number of halogens is 1. The summed E-state index contributed by atoms with van der Waals surface area (Å²) in [6.45, 7) is 0.168. The van der Waals surface area contributed by atoms with Gasteiger partial charge in [0.2, 0.25) is 6.79 Å². The standard InChI is InChI=1S/C13H9ClN2O4/c14-9-5-12-11(19-7-20-12)4-8(9)6-15-16-13(17)10-2-1-3-18-10/h1-6H,7H2,(H,16,17)/b15-6+. The molecule has 3 rings (SSSR count). The molecule has 0 unspecified atom stereocenters. The highest BCUT2D eigenvalue weighted by Gasteiger charge is 2.15. The molecule has 1 aliphatic heterocycles. The lowest BCUT2D eigenvalue weighted by atomic mass is 10.2. The first-order valence-corrected chi connectivity index (χ1v) is 6.08. The zero-order chi connectivity index (χ0) is 13.9. The summed E-state index contributed by atoms with van der Waals surface area (Å²) in [6.07, 6.45) is 2.83. The Morgan fingerprint density at radius 2 is 2.15 bits per heavy atom. The third kappa shape index (κ3) is 2.46. The van der Waals surface area contributed by atoms with Crippen LogP contribution in [0.3, 0.4) is 0 Å². The van der Waals surface area contributed by atoms with E-state index >= 15 is 0 Å². The molecule has 7 heteroatoms. The number of hydrazone groups is 1. The fourth-order valence-corrected chi connectivity index (χ4v) is 1.86. The van der Waals surface area contributed by atoms with Gasteiger partial charge in [-0.1, -0.05) is 11.6 Å². The van der Waals surface area contributed by atoms with Crippen molar-refractivity contribution in [2.45, 2.75) is 0 Å². The second-order valence-corrected chi connectivity index (χ2v) is 4.31. The summed E-state index contributed by atoms with van der Waals surface area (Å²) in [4.78, 5) is 11.6. The Kier molecular flexibility index (Phi) is 3.30. The van der Waals surface area contributed by atoms with Crippen LogP contribution in [-0.4, -0.2) is 18.9 Å². The molecule has 0 fully saturated rings. The molecule has 0 spiro atoms. The van der Waals surface area contributed by atoms with Gasteiger partial charge in [-0.15, -0.1) is 0 Å². The lowest BCUT2D eigenvalue weighted by molar-refractivity contribution is 0.0927. The van der Waals surface area contributed by atoms with Crippen molar-refractivity contribution in [3.63, 3.8) is 0 Å². The predicted molar refractivity (Wildman–Crippen MR) is 71.3 cm³/mol. The zero-order valence-corrected chi connectivity index (χ0v) is 10.9. The lowest BCUT2D eigenvalue weighted by Gasteiger charge is -2.01. The van der Waals surface area contributed by atoms with E-state index in [1.165, 1.54) is 12.5 Å². The van der Waals surface area contributed by atoms with Gasteiger partial charge in [-0.05, 0) is 18.2 Å². The third-order valence-electron chi connectivity index (χ3n) is 2.61. The minimum Gasteiger partial charge on any atom is -0.459 e. The van der Waals surface area contributed by atoms with Gasteiger partial charge in [0, 0.05) is 11.6 Å². The summed E-state index contributed by atoms with van der Waals surface area (Å²) in [5.74, 6) is 0.919. The van der Waals surface area contributed by atoms with Crippen LogP contribution in [0.25, 0.3) is 0 Å². The van der Waals surface area contributed by atoms with Crippen LogP contribution in [0.2, 0.25) is 5.02 Å². The van der Waals surface area contributed by atoms with E-state index < -0.39 is 5.91 Å². The highest BCUT2D eigenvalue weighted by molar-refractivity contribution is 6.33. The summed E-state index contributed by atoms with van der Waals surface area (Å²) in [5, 5.41) is 4.27. The number of hydrogen-bond acceptors (Lipinski definition) is 5. The van der Waals surface area contributed by atoms with Crippen LogP contribution < -0.4 is 14.9 Å². The zero-order valence-electron chi connectivity index (χ0n) is 10.1. The van der Waals surface area contributed by atoms with E-state index in [1.807, 2.05) is 0 Å². The quantitative estimate of drug-likeness (QED) is 0.696. The molecule has 0 radical (unpaired) electrons. The summed E-state index contributed by atoms with van der Waals surface area (Å²) in [7, 11) is 0. The van der Waals surface area contributed by atoms with Crippen LogP contribution in [0.5, 0.6) is 11.5 Å². The molecule has 1 N–H and O–H groups in total. The average molecular weight is 293 g/mol. The Balaban J connectivity index is 1.72. The van der Waals surface area contributed by atoms with Crippen LogP contribution in [0, 0.1) is 0 Å². The number of amides is 1. The SMILES string of the molecule is O=C(N/N=C/c1cc2c(cc1Cl)OCO2)c1ccco1. The van der Waals surface area contributed by atoms with Gasteiger partial charge < -0.3 is 13.9 Å². The highest BCUT2D eigenvalue weighted by Crippen LogP contribution is 2.36. The summed E-state index contributed by atoms with van der Waals surface area (Å²) in [6, 6.07) is 6.48. The van der Waals surface area contributed by atoms with Crippen LogP contribution in [-0.2, 0) is 0 Å². The number of ether oxygens (including phenoxy) is 2. The Hall–Kier alpha value is -2.47. The van der Waals surface area contributed by atoms with Gasteiger partial charge in [0.1, 0.15) is 0 Å². The maximum Gasteiger partial charge on any atom is 0.307 e. The fraction of sp³-hybridized carbons (Fsp3) is 0.0769. The minimum atomic E-state index is -0.442. The number of rotatable bonds is 3. The molecule has 1 amide bonds. The van der Waals surface area contributed by atoms with Gasteiger partial charge in [-0.3, -0.25) is 4.79 Å². The second kappa shape index (κ2) is 5.26. The number of nitrogens with one attached hydrogen (secondary N) is 1. The van der Waals surface area contributed by atoms with E-state index in [0.717, 1.165) is 0 Å². The Bertz CT molecular complexity index is 667. The van der Waals surface area contributed by atoms with Crippen LogP contribution >= 0.6 is 11.6 Å². The average Bonchev–Trinajstić information content (AvgIpc) is 3.08. The van der Waals surface area contributed by atoms with Crippen molar-refractivity contribution in [1.82, 2.24) is 5.43 Å². The Morgan fingerprint density at radius 3 is 2.90 bits per heavy atom. The van der Waals surface area contributed by atoms with E-state index in [1.54, 1.807) is 24.3 Å². The van der Waals surface area contributed by atoms with E-state index in [2.05, 4.69) is 10.5 Å². The highest BCUT2D eigenvalue weighted by atomic mass is 35.5. The van der Waals surface area contributed by atoms with Crippen molar-refractivity contribution in [3.05, 3.63) is 46.9 Å². The maximum atomic E-state index is 11.6. The molecule has 102 valence electrons. The van der Waals surface area contributed by atoms with E-state index in [0.29, 0.717) is 22.1 Å². The third-order valence-corrected chi connectivity index (χ3v) is 2.93. The molecule has 1 aromatic carbocycles. The lowest BCUT2D eigenvalue weighted by Crippen LogP contribution is -2.16. The number of benzene rings is 1. The van der Waals surface area contributed by atoms with Crippen LogP contribution in [0.15, 0.2) is 40.0 Å². The second-order valence-electron chi connectivity index (χ2n) is 3.90. The first kappa shape index (κ1) is 12.6. The number of nitrogens with zero attached hydrogens (tertiary/aromatic N) is 1. The molecule has 2 aromatic rings. The van der Waals surface area contributed by atoms with Gasteiger partial charge in [0.05, 0.1) is 17.5 Å². The van der Waals surface area contributed by atoms with Gasteiger partial charge in [0.15, 0.2) is 17.3 Å². The predicted octanol–water partition coefficient (Wildman–Crippen LogP) is 2.43. The van der Waals surface area contributed by atoms with Crippen molar-refractivity contribution < 1.29 is 18.7 Å². The summed E-state index contributed by atoms with van der Waals surface area (Å²) >= 11 is 6.06. The number of hydrogen-bond donors (Lipinski definition) is 1. The van der Waals surface area contributed by atoms with Gasteiger partial charge in [-0.2, -0.15) is 5.10 Å². The minimum absolute atomic E-state index is 0.168. The number of furan rings is 1. The molecule has 20 heavy (non-hydrogen) atoms. The fourth-order valence-electron chi connectivity index (χ4n) is 1.66. The Labute approximate surface area is 118 Å². The molecule has 1 aromatic heterocycles. The van der Waals surface area contributed by atoms with Gasteiger partial charge in [-0.25, -0.2) is 5.43 Å². The van der Waals surface area contributed by atoms with Crippen molar-refractivity contribution in [2.75, 3.05) is 6.79 Å². The van der Waals surface area contributed by atoms with Crippen molar-refractivity contribution >= 4 is 23.7 Å². The van der Waals surface area contributed by atoms with Gasteiger partial charge in [0.25, 0.3) is 0 Å². The van der Waals surface area contributed by atoms with Crippen LogP contribution in [0.4, 0.5) is 0 Å². The molecule has 0 bridgehead atoms. The number of carbonyl (C=O) groups is 1. The van der Waals surface area contributed by atoms with Crippen molar-refractivity contribution in [1.29, 1.82) is 0 Å². The molecule has 0 saturated heterocycles. The van der Waals surface area contributed by atoms with Crippen molar-refractivity contribution in [2.24, 2.45) is 5.10 Å². The molecule has 6 nitrogen and oxygen atoms in total. The molecule has 1 aliphatic rings. The molecular formula is C13H9ClN2O4. The molecule has 0 atom stereocenters. The van der Waals surface area contributed by atoms with Crippen molar-refractivity contribution in [3.8, 4) is 11.5 Å². The van der Waals surface area contributed by atoms with Gasteiger partial charge >= 0.3 is 5.91 Å². The monoisotopic (exact) mass is 292 g/mol. The van der Waals surface area contributed by atoms with E-state index in [9.17, 15) is 4.79 Å². The molecule has 0 saturated carbocycles. The number of fused-ring (bicyclic) bond motifs is 1. The largest absolute Gasteiger partial charge is 0.459 e. The summed E-state index contributed by atoms with van der Waals surface area (Å²) in [5.41, 5.74) is 2.94. The molecular weight excluding hydrogens is 284 g/mol. The normalized spacial score (nSPS) is 12.8. The van der Waals surface area contributed by atoms with Crippen LogP contribution in [0.1, 0.15) is 16.1 Å².